The summed E-state index contributed by atoms with van der Waals surface area (Å²) in [5, 5.41) is 14.3. The molecule has 2 amide bonds. The molecule has 3 N–H and O–H groups in total. The maximum atomic E-state index is 12.5. The van der Waals surface area contributed by atoms with Crippen molar-refractivity contribution in [3.05, 3.63) is 77.9 Å². The number of rotatable bonds is 9. The van der Waals surface area contributed by atoms with Crippen LogP contribution in [0.4, 0.5) is 4.79 Å². The molecule has 1 heterocycles. The average Bonchev–Trinajstić information content (AvgIpc) is 3.44. The number of carboxylic acid groups (broad SMARTS) is 1. The third-order valence-corrected chi connectivity index (χ3v) is 5.88. The highest BCUT2D eigenvalue weighted by atomic mass is 16.5. The van der Waals surface area contributed by atoms with Gasteiger partial charge in [0.15, 0.2) is 5.69 Å². The summed E-state index contributed by atoms with van der Waals surface area (Å²) in [6, 6.07) is 15.4. The Bertz CT molecular complexity index is 1160. The van der Waals surface area contributed by atoms with Crippen LogP contribution in [0.5, 0.6) is 0 Å². The number of carboxylic acids is 1. The minimum atomic E-state index is -1.11. The number of nitrogens with zero attached hydrogens (tertiary/aromatic N) is 2. The molecule has 9 nitrogen and oxygen atoms in total. The smallest absolute Gasteiger partial charge is 0.407 e. The van der Waals surface area contributed by atoms with Gasteiger partial charge in [0, 0.05) is 25.2 Å². The van der Waals surface area contributed by atoms with Crippen molar-refractivity contribution in [2.45, 2.75) is 31.8 Å². The standard InChI is InChI=1S/C25H26N4O5/c1-2-21(23(30)26-11-12-29-13-22(24(31)32)27-15-29)28-25(33)34-14-20-18-9-5-3-7-16(18)17-8-4-6-10-19(17)20/h3-10,13,15,20-21H,2,11-12,14H2,1H3,(H,26,30)(H,28,33)(H,31,32). The molecule has 0 aliphatic heterocycles. The van der Waals surface area contributed by atoms with Gasteiger partial charge in [-0.3, -0.25) is 4.79 Å². The van der Waals surface area contributed by atoms with E-state index in [2.05, 4.69) is 27.8 Å². The lowest BCUT2D eigenvalue weighted by Crippen LogP contribution is -2.47. The number of alkyl carbamates (subject to hydrolysis) is 1. The summed E-state index contributed by atoms with van der Waals surface area (Å²) in [6.07, 6.45) is 2.52. The molecule has 34 heavy (non-hydrogen) atoms. The van der Waals surface area contributed by atoms with Crippen molar-refractivity contribution in [2.75, 3.05) is 13.2 Å². The first kappa shape index (κ1) is 23.0. The van der Waals surface area contributed by atoms with Gasteiger partial charge in [0.2, 0.25) is 5.91 Å². The van der Waals surface area contributed by atoms with Crippen LogP contribution in [0.3, 0.4) is 0 Å². The lowest BCUT2D eigenvalue weighted by Gasteiger charge is -2.18. The number of ether oxygens (including phenoxy) is 1. The van der Waals surface area contributed by atoms with E-state index in [-0.39, 0.29) is 30.7 Å². The molecule has 0 spiro atoms. The fourth-order valence-corrected chi connectivity index (χ4v) is 4.16. The number of carbonyl (C=O) groups excluding carboxylic acids is 2. The Morgan fingerprint density at radius 1 is 1.09 bits per heavy atom. The molecule has 1 aliphatic rings. The molecule has 1 unspecified atom stereocenters. The molecule has 0 saturated heterocycles. The molecular formula is C25H26N4O5. The molecule has 0 fully saturated rings. The van der Waals surface area contributed by atoms with E-state index in [1.807, 2.05) is 36.4 Å². The van der Waals surface area contributed by atoms with Crippen LogP contribution in [0.2, 0.25) is 0 Å². The van der Waals surface area contributed by atoms with Crippen molar-refractivity contribution in [3.63, 3.8) is 0 Å². The highest BCUT2D eigenvalue weighted by Gasteiger charge is 2.29. The predicted octanol–water partition coefficient (Wildman–Crippen LogP) is 3.01. The second kappa shape index (κ2) is 10.2. The Kier molecular flexibility index (Phi) is 6.91. The fourth-order valence-electron chi connectivity index (χ4n) is 4.16. The molecule has 0 bridgehead atoms. The van der Waals surface area contributed by atoms with Crippen LogP contribution >= 0.6 is 0 Å². The van der Waals surface area contributed by atoms with Crippen molar-refractivity contribution in [3.8, 4) is 11.1 Å². The Labute approximate surface area is 196 Å². The number of nitrogens with one attached hydrogen (secondary N) is 2. The summed E-state index contributed by atoms with van der Waals surface area (Å²) in [4.78, 5) is 39.6. The topological polar surface area (TPSA) is 123 Å². The van der Waals surface area contributed by atoms with Crippen molar-refractivity contribution >= 4 is 18.0 Å². The molecule has 1 atom stereocenters. The highest BCUT2D eigenvalue weighted by molar-refractivity contribution is 5.86. The Hall–Kier alpha value is -4.14. The summed E-state index contributed by atoms with van der Waals surface area (Å²) in [6.45, 7) is 2.58. The van der Waals surface area contributed by atoms with Gasteiger partial charge in [0.25, 0.3) is 0 Å². The molecule has 3 aromatic rings. The number of hydrogen-bond donors (Lipinski definition) is 3. The maximum Gasteiger partial charge on any atom is 0.407 e. The van der Waals surface area contributed by atoms with Gasteiger partial charge in [0.05, 0.1) is 6.33 Å². The molecular weight excluding hydrogens is 436 g/mol. The van der Waals surface area contributed by atoms with E-state index in [1.165, 1.54) is 12.5 Å². The van der Waals surface area contributed by atoms with Crippen LogP contribution in [-0.4, -0.2) is 51.8 Å². The van der Waals surface area contributed by atoms with E-state index >= 15 is 0 Å². The molecule has 0 radical (unpaired) electrons. The molecule has 176 valence electrons. The lowest BCUT2D eigenvalue weighted by atomic mass is 9.98. The summed E-state index contributed by atoms with van der Waals surface area (Å²) >= 11 is 0. The van der Waals surface area contributed by atoms with Crippen LogP contribution in [0, 0.1) is 0 Å². The van der Waals surface area contributed by atoms with Gasteiger partial charge in [-0.2, -0.15) is 0 Å². The first-order chi connectivity index (χ1) is 16.5. The Balaban J connectivity index is 1.28. The van der Waals surface area contributed by atoms with Gasteiger partial charge in [-0.1, -0.05) is 55.5 Å². The summed E-state index contributed by atoms with van der Waals surface area (Å²) < 4.78 is 7.10. The summed E-state index contributed by atoms with van der Waals surface area (Å²) in [7, 11) is 0. The van der Waals surface area contributed by atoms with E-state index in [4.69, 9.17) is 9.84 Å². The largest absolute Gasteiger partial charge is 0.476 e. The minimum absolute atomic E-state index is 0.0575. The number of carbonyl (C=O) groups is 3. The van der Waals surface area contributed by atoms with E-state index in [0.717, 1.165) is 22.3 Å². The lowest BCUT2D eigenvalue weighted by molar-refractivity contribution is -0.123. The Morgan fingerprint density at radius 3 is 2.32 bits per heavy atom. The van der Waals surface area contributed by atoms with E-state index in [9.17, 15) is 14.4 Å². The molecule has 1 aromatic heterocycles. The number of hydrogen-bond acceptors (Lipinski definition) is 5. The van der Waals surface area contributed by atoms with Crippen molar-refractivity contribution in [1.82, 2.24) is 20.2 Å². The maximum absolute atomic E-state index is 12.5. The Morgan fingerprint density at radius 2 is 1.74 bits per heavy atom. The minimum Gasteiger partial charge on any atom is -0.476 e. The summed E-state index contributed by atoms with van der Waals surface area (Å²) in [5.41, 5.74) is 4.46. The molecule has 4 rings (SSSR count). The van der Waals surface area contributed by atoms with Gasteiger partial charge < -0.3 is 25.0 Å². The highest BCUT2D eigenvalue weighted by Crippen LogP contribution is 2.44. The zero-order valence-electron chi connectivity index (χ0n) is 18.7. The predicted molar refractivity (Wildman–Crippen MR) is 124 cm³/mol. The number of aromatic nitrogens is 2. The van der Waals surface area contributed by atoms with Crippen LogP contribution in [-0.2, 0) is 16.1 Å². The quantitative estimate of drug-likeness (QED) is 0.449. The first-order valence-electron chi connectivity index (χ1n) is 11.1. The summed E-state index contributed by atoms with van der Waals surface area (Å²) in [5.74, 6) is -1.51. The molecule has 9 heteroatoms. The molecule has 0 saturated carbocycles. The third kappa shape index (κ3) is 4.93. The van der Waals surface area contributed by atoms with Crippen molar-refractivity contribution in [2.24, 2.45) is 0 Å². The van der Waals surface area contributed by atoms with Crippen molar-refractivity contribution < 1.29 is 24.2 Å². The molecule has 2 aromatic carbocycles. The van der Waals surface area contributed by atoms with Crippen molar-refractivity contribution in [1.29, 1.82) is 0 Å². The second-order valence-electron chi connectivity index (χ2n) is 8.02. The zero-order chi connectivity index (χ0) is 24.1. The van der Waals surface area contributed by atoms with Gasteiger partial charge in [-0.25, -0.2) is 14.6 Å². The van der Waals surface area contributed by atoms with Gasteiger partial charge >= 0.3 is 12.1 Å². The SMILES string of the molecule is CCC(NC(=O)OCC1c2ccccc2-c2ccccc21)C(=O)NCCn1cnc(C(=O)O)c1. The van der Waals surface area contributed by atoms with E-state index < -0.39 is 18.1 Å². The van der Waals surface area contributed by atoms with Crippen LogP contribution in [0.25, 0.3) is 11.1 Å². The second-order valence-corrected chi connectivity index (χ2v) is 8.02. The normalized spacial score (nSPS) is 13.0. The fraction of sp³-hybridized carbons (Fsp3) is 0.280. The van der Waals surface area contributed by atoms with Gasteiger partial charge in [-0.15, -0.1) is 0 Å². The van der Waals surface area contributed by atoms with Gasteiger partial charge in [-0.05, 0) is 28.7 Å². The van der Waals surface area contributed by atoms with Crippen LogP contribution < -0.4 is 10.6 Å². The number of imidazole rings is 1. The van der Waals surface area contributed by atoms with Gasteiger partial charge in [0.1, 0.15) is 12.6 Å². The number of aromatic carboxylic acids is 1. The van der Waals surface area contributed by atoms with Crippen LogP contribution in [0.1, 0.15) is 40.9 Å². The zero-order valence-corrected chi connectivity index (χ0v) is 18.7. The van der Waals surface area contributed by atoms with E-state index in [1.54, 1.807) is 11.5 Å². The number of amides is 2. The average molecular weight is 463 g/mol. The van der Waals surface area contributed by atoms with E-state index in [0.29, 0.717) is 13.0 Å². The van der Waals surface area contributed by atoms with Crippen LogP contribution in [0.15, 0.2) is 61.1 Å². The first-order valence-corrected chi connectivity index (χ1v) is 11.1. The number of fused-ring (bicyclic) bond motifs is 3. The third-order valence-electron chi connectivity index (χ3n) is 5.88. The monoisotopic (exact) mass is 462 g/mol. The number of benzene rings is 2. The molecule has 1 aliphatic carbocycles.